The average Bonchev–Trinajstić information content (AvgIpc) is 3.10. The van der Waals surface area contributed by atoms with Crippen LogP contribution in [-0.2, 0) is 11.3 Å². The highest BCUT2D eigenvalue weighted by Gasteiger charge is 2.26. The number of ether oxygens (including phenoxy) is 1. The monoisotopic (exact) mass is 346 g/mol. The van der Waals surface area contributed by atoms with Gasteiger partial charge in [-0.15, -0.1) is 0 Å². The van der Waals surface area contributed by atoms with Crippen LogP contribution in [0, 0.1) is 5.82 Å². The molecule has 1 saturated heterocycles. The number of hydrogen-bond donors (Lipinski definition) is 1. The number of anilines is 1. The zero-order valence-corrected chi connectivity index (χ0v) is 14.3. The van der Waals surface area contributed by atoms with Gasteiger partial charge in [0.1, 0.15) is 11.6 Å². The van der Waals surface area contributed by atoms with E-state index in [1.54, 1.807) is 30.2 Å². The molecule has 2 heterocycles. The number of amides is 2. The number of carbonyl (C=O) groups excluding carboxylic acids is 1. The number of carbonyl (C=O) groups is 1. The Morgan fingerprint density at radius 1 is 1.36 bits per heavy atom. The fraction of sp³-hybridized carbons (Fsp3) is 0.444. The number of aromatic nitrogens is 2. The molecule has 0 unspecified atom stereocenters. The van der Waals surface area contributed by atoms with Crippen LogP contribution in [0.15, 0.2) is 36.7 Å². The van der Waals surface area contributed by atoms with E-state index in [0.29, 0.717) is 25.6 Å². The van der Waals surface area contributed by atoms with Crippen molar-refractivity contribution >= 4 is 11.7 Å². The van der Waals surface area contributed by atoms with Crippen molar-refractivity contribution in [3.05, 3.63) is 48.3 Å². The van der Waals surface area contributed by atoms with Crippen molar-refractivity contribution in [1.82, 2.24) is 14.5 Å². The fourth-order valence-electron chi connectivity index (χ4n) is 3.16. The molecule has 134 valence electrons. The van der Waals surface area contributed by atoms with Crippen LogP contribution in [0.25, 0.3) is 0 Å². The van der Waals surface area contributed by atoms with E-state index in [4.69, 9.17) is 4.74 Å². The Morgan fingerprint density at radius 2 is 2.12 bits per heavy atom. The standard InChI is InChI=1S/C18H23FN4O2/c1-25-13-12-22-11-8-20-17(22)14-6-9-23(10-7-14)18(24)21-16-5-3-2-4-15(16)19/h2-5,8,11,14H,6-7,9-10,12-13H2,1H3,(H,21,24). The largest absolute Gasteiger partial charge is 0.383 e. The zero-order valence-electron chi connectivity index (χ0n) is 14.3. The van der Waals surface area contributed by atoms with Gasteiger partial charge >= 0.3 is 6.03 Å². The molecule has 0 saturated carbocycles. The van der Waals surface area contributed by atoms with Crippen LogP contribution in [-0.4, -0.2) is 47.3 Å². The normalized spacial score (nSPS) is 15.4. The highest BCUT2D eigenvalue weighted by atomic mass is 19.1. The summed E-state index contributed by atoms with van der Waals surface area (Å²) in [6, 6.07) is 5.94. The van der Waals surface area contributed by atoms with Crippen molar-refractivity contribution in [2.75, 3.05) is 32.1 Å². The van der Waals surface area contributed by atoms with Gasteiger partial charge in [0, 0.05) is 45.1 Å². The van der Waals surface area contributed by atoms with Gasteiger partial charge in [-0.3, -0.25) is 0 Å². The maximum Gasteiger partial charge on any atom is 0.321 e. The molecule has 25 heavy (non-hydrogen) atoms. The number of piperidine rings is 1. The second kappa shape index (κ2) is 8.11. The molecule has 2 aromatic rings. The molecule has 7 heteroatoms. The summed E-state index contributed by atoms with van der Waals surface area (Å²) in [6.45, 7) is 2.68. The van der Waals surface area contributed by atoms with E-state index in [2.05, 4.69) is 14.9 Å². The van der Waals surface area contributed by atoms with E-state index in [1.807, 2.05) is 12.4 Å². The Morgan fingerprint density at radius 3 is 2.84 bits per heavy atom. The van der Waals surface area contributed by atoms with Crippen LogP contribution >= 0.6 is 0 Å². The van der Waals surface area contributed by atoms with E-state index in [9.17, 15) is 9.18 Å². The lowest BCUT2D eigenvalue weighted by Gasteiger charge is -2.32. The first-order valence-corrected chi connectivity index (χ1v) is 8.49. The first-order valence-electron chi connectivity index (χ1n) is 8.49. The number of imidazole rings is 1. The molecular formula is C18H23FN4O2. The lowest BCUT2D eigenvalue weighted by Crippen LogP contribution is -2.41. The number of halogens is 1. The van der Waals surface area contributed by atoms with Crippen LogP contribution in [0.3, 0.4) is 0 Å². The Kier molecular flexibility index (Phi) is 5.65. The number of nitrogens with one attached hydrogen (secondary N) is 1. The van der Waals surface area contributed by atoms with Gasteiger partial charge in [-0.25, -0.2) is 14.2 Å². The quantitative estimate of drug-likeness (QED) is 0.905. The van der Waals surface area contributed by atoms with Gasteiger partial charge in [0.05, 0.1) is 12.3 Å². The third kappa shape index (κ3) is 4.17. The molecular weight excluding hydrogens is 323 g/mol. The second-order valence-electron chi connectivity index (χ2n) is 6.14. The Bertz CT molecular complexity index is 711. The van der Waals surface area contributed by atoms with E-state index >= 15 is 0 Å². The number of benzene rings is 1. The zero-order chi connectivity index (χ0) is 17.6. The molecule has 0 bridgehead atoms. The topological polar surface area (TPSA) is 59.4 Å². The summed E-state index contributed by atoms with van der Waals surface area (Å²) in [5.74, 6) is 0.946. The van der Waals surface area contributed by atoms with E-state index in [1.165, 1.54) is 6.07 Å². The van der Waals surface area contributed by atoms with Gasteiger partial charge in [0.25, 0.3) is 0 Å². The van der Waals surface area contributed by atoms with Crippen LogP contribution in [0.4, 0.5) is 14.9 Å². The minimum atomic E-state index is -0.425. The average molecular weight is 346 g/mol. The van der Waals surface area contributed by atoms with Crippen LogP contribution in [0.2, 0.25) is 0 Å². The summed E-state index contributed by atoms with van der Waals surface area (Å²) in [5, 5.41) is 2.64. The molecule has 1 aliphatic heterocycles. The summed E-state index contributed by atoms with van der Waals surface area (Å²) < 4.78 is 20.9. The number of methoxy groups -OCH3 is 1. The number of para-hydroxylation sites is 1. The SMILES string of the molecule is COCCn1ccnc1C1CCN(C(=O)Nc2ccccc2F)CC1. The van der Waals surface area contributed by atoms with Crippen LogP contribution < -0.4 is 5.32 Å². The molecule has 0 radical (unpaired) electrons. The summed E-state index contributed by atoms with van der Waals surface area (Å²) in [5.41, 5.74) is 0.213. The molecule has 6 nitrogen and oxygen atoms in total. The number of nitrogens with zero attached hydrogens (tertiary/aromatic N) is 3. The molecule has 3 rings (SSSR count). The maximum atomic E-state index is 13.7. The molecule has 1 aromatic carbocycles. The van der Waals surface area contributed by atoms with Crippen LogP contribution in [0.1, 0.15) is 24.6 Å². The Labute approximate surface area is 146 Å². The van der Waals surface area contributed by atoms with E-state index in [-0.39, 0.29) is 11.7 Å². The maximum absolute atomic E-state index is 13.7. The third-order valence-corrected chi connectivity index (χ3v) is 4.55. The van der Waals surface area contributed by atoms with E-state index in [0.717, 1.165) is 25.2 Å². The van der Waals surface area contributed by atoms with Gasteiger partial charge in [0.15, 0.2) is 0 Å². The smallest absolute Gasteiger partial charge is 0.321 e. The first-order chi connectivity index (χ1) is 12.2. The third-order valence-electron chi connectivity index (χ3n) is 4.55. The molecule has 0 atom stereocenters. The summed E-state index contributed by atoms with van der Waals surface area (Å²) in [4.78, 5) is 18.5. The Balaban J connectivity index is 1.56. The van der Waals surface area contributed by atoms with Crippen molar-refractivity contribution in [1.29, 1.82) is 0 Å². The lowest BCUT2D eigenvalue weighted by molar-refractivity contribution is 0.181. The van der Waals surface area contributed by atoms with Crippen LogP contribution in [0.5, 0.6) is 0 Å². The van der Waals surface area contributed by atoms with Crippen molar-refractivity contribution in [3.8, 4) is 0 Å². The fourth-order valence-corrected chi connectivity index (χ4v) is 3.16. The lowest BCUT2D eigenvalue weighted by atomic mass is 9.96. The number of likely N-dealkylation sites (tertiary alicyclic amines) is 1. The van der Waals surface area contributed by atoms with Gasteiger partial charge in [-0.1, -0.05) is 12.1 Å². The van der Waals surface area contributed by atoms with Crippen molar-refractivity contribution < 1.29 is 13.9 Å². The Hall–Kier alpha value is -2.41. The predicted octanol–water partition coefficient (Wildman–Crippen LogP) is 3.08. The second-order valence-corrected chi connectivity index (χ2v) is 6.14. The van der Waals surface area contributed by atoms with Gasteiger partial charge in [0.2, 0.25) is 0 Å². The molecule has 0 aliphatic carbocycles. The van der Waals surface area contributed by atoms with Gasteiger partial charge in [-0.05, 0) is 25.0 Å². The first kappa shape index (κ1) is 17.4. The number of hydrogen-bond acceptors (Lipinski definition) is 3. The minimum Gasteiger partial charge on any atom is -0.383 e. The predicted molar refractivity (Wildman–Crippen MR) is 93.1 cm³/mol. The minimum absolute atomic E-state index is 0.213. The van der Waals surface area contributed by atoms with E-state index < -0.39 is 5.82 Å². The van der Waals surface area contributed by atoms with Crippen molar-refractivity contribution in [2.45, 2.75) is 25.3 Å². The molecule has 2 amide bonds. The highest BCUT2D eigenvalue weighted by Crippen LogP contribution is 2.27. The van der Waals surface area contributed by atoms with Gasteiger partial charge in [-0.2, -0.15) is 0 Å². The summed E-state index contributed by atoms with van der Waals surface area (Å²) in [7, 11) is 1.68. The molecule has 1 aromatic heterocycles. The summed E-state index contributed by atoms with van der Waals surface area (Å²) >= 11 is 0. The van der Waals surface area contributed by atoms with Crippen molar-refractivity contribution in [2.24, 2.45) is 0 Å². The molecule has 1 aliphatic rings. The molecule has 1 fully saturated rings. The molecule has 1 N–H and O–H groups in total. The highest BCUT2D eigenvalue weighted by molar-refractivity contribution is 5.89. The number of rotatable bonds is 5. The van der Waals surface area contributed by atoms with Gasteiger partial charge < -0.3 is 19.5 Å². The summed E-state index contributed by atoms with van der Waals surface area (Å²) in [6.07, 6.45) is 5.46. The number of urea groups is 1. The van der Waals surface area contributed by atoms with Crippen molar-refractivity contribution in [3.63, 3.8) is 0 Å². The molecule has 0 spiro atoms.